The van der Waals surface area contributed by atoms with Crippen LogP contribution in [0.4, 0.5) is 5.69 Å². The van der Waals surface area contributed by atoms with Gasteiger partial charge in [0.2, 0.25) is 0 Å². The molecule has 104 valence electrons. The fraction of sp³-hybridized carbons (Fsp3) is 0.267. The van der Waals surface area contributed by atoms with Crippen LogP contribution in [0, 0.1) is 0 Å². The van der Waals surface area contributed by atoms with Gasteiger partial charge in [-0.3, -0.25) is 4.79 Å². The van der Waals surface area contributed by atoms with E-state index in [0.717, 1.165) is 24.1 Å². The van der Waals surface area contributed by atoms with E-state index < -0.39 is 0 Å². The summed E-state index contributed by atoms with van der Waals surface area (Å²) < 4.78 is 5.65. The molecule has 1 aromatic carbocycles. The highest BCUT2D eigenvalue weighted by Crippen LogP contribution is 2.31. The lowest BCUT2D eigenvalue weighted by atomic mass is 10.1. The SMILES string of the molecule is Nc1ccc(CN(C(=O)c2ccoc2Br)C2CC2)cc1. The lowest BCUT2D eigenvalue weighted by molar-refractivity contribution is 0.0728. The molecule has 3 rings (SSSR count). The summed E-state index contributed by atoms with van der Waals surface area (Å²) in [4.78, 5) is 14.5. The summed E-state index contributed by atoms with van der Waals surface area (Å²) >= 11 is 3.27. The molecular formula is C15H15BrN2O2. The molecule has 0 radical (unpaired) electrons. The van der Waals surface area contributed by atoms with E-state index >= 15 is 0 Å². The Morgan fingerprint density at radius 2 is 2.00 bits per heavy atom. The zero-order valence-corrected chi connectivity index (χ0v) is 12.5. The first-order chi connectivity index (χ1) is 9.65. The average Bonchev–Trinajstić information content (AvgIpc) is 3.19. The summed E-state index contributed by atoms with van der Waals surface area (Å²) in [7, 11) is 0. The molecule has 1 saturated carbocycles. The third-order valence-electron chi connectivity index (χ3n) is 3.43. The number of carbonyl (C=O) groups is 1. The number of nitrogen functional groups attached to an aromatic ring is 1. The van der Waals surface area contributed by atoms with Gasteiger partial charge in [-0.2, -0.15) is 0 Å². The number of nitrogens with two attached hydrogens (primary N) is 1. The van der Waals surface area contributed by atoms with Crippen LogP contribution in [0.25, 0.3) is 0 Å². The van der Waals surface area contributed by atoms with Crippen molar-refractivity contribution in [2.24, 2.45) is 0 Å². The smallest absolute Gasteiger partial charge is 0.258 e. The highest BCUT2D eigenvalue weighted by Gasteiger charge is 2.34. The Morgan fingerprint density at radius 3 is 2.55 bits per heavy atom. The van der Waals surface area contributed by atoms with E-state index in [-0.39, 0.29) is 5.91 Å². The Labute approximate surface area is 125 Å². The van der Waals surface area contributed by atoms with E-state index in [1.807, 2.05) is 29.2 Å². The Morgan fingerprint density at radius 1 is 1.30 bits per heavy atom. The fourth-order valence-corrected chi connectivity index (χ4v) is 2.58. The molecule has 0 saturated heterocycles. The minimum Gasteiger partial charge on any atom is -0.457 e. The van der Waals surface area contributed by atoms with Gasteiger partial charge < -0.3 is 15.1 Å². The predicted octanol–water partition coefficient (Wildman–Crippen LogP) is 3.43. The van der Waals surface area contributed by atoms with E-state index in [2.05, 4.69) is 15.9 Å². The largest absolute Gasteiger partial charge is 0.457 e. The van der Waals surface area contributed by atoms with Crippen LogP contribution in [0.2, 0.25) is 0 Å². The van der Waals surface area contributed by atoms with Crippen molar-refractivity contribution in [1.82, 2.24) is 4.90 Å². The summed E-state index contributed by atoms with van der Waals surface area (Å²) in [5.74, 6) is 0.00458. The maximum Gasteiger partial charge on any atom is 0.258 e. The predicted molar refractivity (Wildman–Crippen MR) is 80.2 cm³/mol. The molecule has 2 aromatic rings. The second-order valence-corrected chi connectivity index (χ2v) is 5.73. The molecule has 20 heavy (non-hydrogen) atoms. The van der Waals surface area contributed by atoms with Gasteiger partial charge in [-0.05, 0) is 52.5 Å². The van der Waals surface area contributed by atoms with Crippen molar-refractivity contribution in [1.29, 1.82) is 0 Å². The van der Waals surface area contributed by atoms with E-state index in [1.54, 1.807) is 6.07 Å². The minimum absolute atomic E-state index is 0.00458. The monoisotopic (exact) mass is 334 g/mol. The molecule has 0 spiro atoms. The van der Waals surface area contributed by atoms with Crippen molar-refractivity contribution >= 4 is 27.5 Å². The number of rotatable bonds is 4. The minimum atomic E-state index is 0.00458. The van der Waals surface area contributed by atoms with Crippen molar-refractivity contribution in [3.8, 4) is 0 Å². The van der Waals surface area contributed by atoms with Gasteiger partial charge in [-0.15, -0.1) is 0 Å². The summed E-state index contributed by atoms with van der Waals surface area (Å²) in [6.07, 6.45) is 3.65. The van der Waals surface area contributed by atoms with Gasteiger partial charge >= 0.3 is 0 Å². The Hall–Kier alpha value is -1.75. The summed E-state index contributed by atoms with van der Waals surface area (Å²) in [5.41, 5.74) is 8.08. The van der Waals surface area contributed by atoms with Gasteiger partial charge in [0, 0.05) is 18.3 Å². The van der Waals surface area contributed by atoms with Gasteiger partial charge in [0.1, 0.15) is 0 Å². The van der Waals surface area contributed by atoms with Crippen LogP contribution >= 0.6 is 15.9 Å². The molecule has 5 heteroatoms. The quantitative estimate of drug-likeness (QED) is 0.871. The highest BCUT2D eigenvalue weighted by molar-refractivity contribution is 9.10. The highest BCUT2D eigenvalue weighted by atomic mass is 79.9. The number of benzene rings is 1. The molecule has 4 nitrogen and oxygen atoms in total. The third-order valence-corrected chi connectivity index (χ3v) is 4.04. The number of nitrogens with zero attached hydrogens (tertiary/aromatic N) is 1. The van der Waals surface area contributed by atoms with Gasteiger partial charge in [0.05, 0.1) is 11.8 Å². The first-order valence-corrected chi connectivity index (χ1v) is 7.33. The second kappa shape index (κ2) is 5.32. The molecule has 1 heterocycles. The van der Waals surface area contributed by atoms with Crippen LogP contribution < -0.4 is 5.73 Å². The molecule has 0 unspecified atom stereocenters. The molecule has 1 aliphatic rings. The number of halogens is 1. The van der Waals surface area contributed by atoms with Crippen LogP contribution in [0.3, 0.4) is 0 Å². The molecule has 1 aliphatic carbocycles. The van der Waals surface area contributed by atoms with Gasteiger partial charge in [-0.25, -0.2) is 0 Å². The zero-order valence-electron chi connectivity index (χ0n) is 10.9. The maximum absolute atomic E-state index is 12.6. The molecular weight excluding hydrogens is 320 g/mol. The lowest BCUT2D eigenvalue weighted by Crippen LogP contribution is -2.32. The first-order valence-electron chi connectivity index (χ1n) is 6.53. The molecule has 0 atom stereocenters. The Bertz CT molecular complexity index is 617. The topological polar surface area (TPSA) is 59.5 Å². The van der Waals surface area contributed by atoms with Crippen LogP contribution in [0.5, 0.6) is 0 Å². The van der Waals surface area contributed by atoms with Crippen LogP contribution in [0.15, 0.2) is 45.7 Å². The third kappa shape index (κ3) is 2.72. The summed E-state index contributed by atoms with van der Waals surface area (Å²) in [5, 5.41) is 0. The summed E-state index contributed by atoms with van der Waals surface area (Å²) in [6, 6.07) is 9.68. The van der Waals surface area contributed by atoms with Crippen molar-refractivity contribution in [2.45, 2.75) is 25.4 Å². The second-order valence-electron chi connectivity index (χ2n) is 5.01. The number of hydrogen-bond donors (Lipinski definition) is 1. The molecule has 2 N–H and O–H groups in total. The maximum atomic E-state index is 12.6. The summed E-state index contributed by atoms with van der Waals surface area (Å²) in [6.45, 7) is 0.599. The normalized spacial score (nSPS) is 14.2. The van der Waals surface area contributed by atoms with Crippen molar-refractivity contribution in [3.05, 3.63) is 52.4 Å². The van der Waals surface area contributed by atoms with Crippen LogP contribution in [-0.4, -0.2) is 16.8 Å². The van der Waals surface area contributed by atoms with E-state index in [4.69, 9.17) is 10.2 Å². The standard InChI is InChI=1S/C15H15BrN2O2/c16-14-13(7-8-20-14)15(19)18(12-5-6-12)9-10-1-3-11(17)4-2-10/h1-4,7-8,12H,5-6,9,17H2. The van der Waals surface area contributed by atoms with E-state index in [1.165, 1.54) is 6.26 Å². The Balaban J connectivity index is 1.81. The van der Waals surface area contributed by atoms with E-state index in [9.17, 15) is 4.79 Å². The lowest BCUT2D eigenvalue weighted by Gasteiger charge is -2.22. The number of hydrogen-bond acceptors (Lipinski definition) is 3. The van der Waals surface area contributed by atoms with Gasteiger partial charge in [-0.1, -0.05) is 12.1 Å². The molecule has 1 fully saturated rings. The fourth-order valence-electron chi connectivity index (χ4n) is 2.17. The van der Waals surface area contributed by atoms with Crippen molar-refractivity contribution in [3.63, 3.8) is 0 Å². The number of carbonyl (C=O) groups excluding carboxylic acids is 1. The van der Waals surface area contributed by atoms with Crippen LogP contribution in [0.1, 0.15) is 28.8 Å². The number of furan rings is 1. The molecule has 0 bridgehead atoms. The number of amides is 1. The molecule has 1 amide bonds. The first kappa shape index (κ1) is 13.2. The molecule has 0 aliphatic heterocycles. The average molecular weight is 335 g/mol. The van der Waals surface area contributed by atoms with Gasteiger partial charge in [0.15, 0.2) is 4.67 Å². The van der Waals surface area contributed by atoms with E-state index in [0.29, 0.717) is 22.8 Å². The zero-order chi connectivity index (χ0) is 14.1. The number of anilines is 1. The van der Waals surface area contributed by atoms with Crippen molar-refractivity contribution < 1.29 is 9.21 Å². The van der Waals surface area contributed by atoms with Crippen molar-refractivity contribution in [2.75, 3.05) is 5.73 Å². The molecule has 1 aromatic heterocycles. The van der Waals surface area contributed by atoms with Gasteiger partial charge in [0.25, 0.3) is 5.91 Å². The van der Waals surface area contributed by atoms with Crippen LogP contribution in [-0.2, 0) is 6.54 Å². The Kier molecular flexibility index (Phi) is 3.53.